The molecule has 172 valence electrons. The van der Waals surface area contributed by atoms with E-state index in [9.17, 15) is 4.79 Å². The number of carboxylic acid groups (broad SMARTS) is 2. The Balaban J connectivity index is 0.000000534. The van der Waals surface area contributed by atoms with Crippen molar-refractivity contribution < 1.29 is 29.3 Å². The van der Waals surface area contributed by atoms with E-state index in [-0.39, 0.29) is 5.91 Å². The van der Waals surface area contributed by atoms with Gasteiger partial charge < -0.3 is 25.6 Å². The van der Waals surface area contributed by atoms with Crippen LogP contribution in [0.2, 0.25) is 0 Å². The molecule has 0 aliphatic carbocycles. The third-order valence-electron chi connectivity index (χ3n) is 4.95. The highest BCUT2D eigenvalue weighted by atomic mass is 16.5. The molecule has 0 bridgehead atoms. The average Bonchev–Trinajstić information content (AvgIpc) is 2.80. The number of benzene rings is 2. The normalized spacial score (nSPS) is 14.0. The second-order valence-electron chi connectivity index (χ2n) is 7.28. The van der Waals surface area contributed by atoms with Crippen molar-refractivity contribution in [1.29, 1.82) is 0 Å². The summed E-state index contributed by atoms with van der Waals surface area (Å²) in [5.74, 6) is -3.01. The second-order valence-corrected chi connectivity index (χ2v) is 7.28. The number of likely N-dealkylation sites (tertiary alicyclic amines) is 1. The number of aliphatic carboxylic acids is 2. The molecule has 4 N–H and O–H groups in total. The van der Waals surface area contributed by atoms with E-state index in [0.29, 0.717) is 24.0 Å². The lowest BCUT2D eigenvalue weighted by molar-refractivity contribution is -0.159. The molecule has 0 aromatic heterocycles. The number of ether oxygens (including phenoxy) is 1. The molecule has 0 unspecified atom stereocenters. The van der Waals surface area contributed by atoms with Crippen molar-refractivity contribution in [2.45, 2.75) is 25.4 Å². The molecular weight excluding hydrogens is 414 g/mol. The third kappa shape index (κ3) is 8.75. The van der Waals surface area contributed by atoms with Crippen molar-refractivity contribution in [2.24, 2.45) is 0 Å². The standard InChI is InChI=1S/C21H27N3O2.C2H2O4/c1-26-20-10-6-5-9-19(20)23-21(25)15-22-18-11-13-24(14-12-18)16-17-7-3-2-4-8-17;3-1(4)2(5)6/h2-10,18,22H,11-16H2,1H3,(H,23,25);(H,3,4)(H,5,6). The number of nitrogens with one attached hydrogen (secondary N) is 2. The lowest BCUT2D eigenvalue weighted by Crippen LogP contribution is -2.44. The summed E-state index contributed by atoms with van der Waals surface area (Å²) in [6.45, 7) is 3.44. The molecule has 2 aromatic carbocycles. The van der Waals surface area contributed by atoms with E-state index < -0.39 is 11.9 Å². The molecule has 2 aromatic rings. The summed E-state index contributed by atoms with van der Waals surface area (Å²) in [7, 11) is 1.60. The zero-order valence-corrected chi connectivity index (χ0v) is 18.0. The Hall–Kier alpha value is -3.43. The molecule has 1 saturated heterocycles. The fraction of sp³-hybridized carbons (Fsp3) is 0.348. The van der Waals surface area contributed by atoms with Gasteiger partial charge in [-0.05, 0) is 43.6 Å². The predicted molar refractivity (Wildman–Crippen MR) is 120 cm³/mol. The maximum atomic E-state index is 12.2. The van der Waals surface area contributed by atoms with Crippen LogP contribution >= 0.6 is 0 Å². The number of rotatable bonds is 7. The number of hydrogen-bond donors (Lipinski definition) is 4. The molecule has 1 heterocycles. The summed E-state index contributed by atoms with van der Waals surface area (Å²) in [6.07, 6.45) is 2.13. The van der Waals surface area contributed by atoms with Gasteiger partial charge in [-0.15, -0.1) is 0 Å². The van der Waals surface area contributed by atoms with Gasteiger partial charge >= 0.3 is 11.9 Å². The van der Waals surface area contributed by atoms with Gasteiger partial charge in [0, 0.05) is 12.6 Å². The molecule has 0 atom stereocenters. The zero-order chi connectivity index (χ0) is 23.3. The van der Waals surface area contributed by atoms with Crippen molar-refractivity contribution >= 4 is 23.5 Å². The molecule has 9 nitrogen and oxygen atoms in total. The zero-order valence-electron chi connectivity index (χ0n) is 18.0. The van der Waals surface area contributed by atoms with E-state index >= 15 is 0 Å². The summed E-state index contributed by atoms with van der Waals surface area (Å²) in [6, 6.07) is 18.4. The number of amides is 1. The van der Waals surface area contributed by atoms with Crippen molar-refractivity contribution in [2.75, 3.05) is 32.1 Å². The SMILES string of the molecule is COc1ccccc1NC(=O)CNC1CCN(Cc2ccccc2)CC1.O=C(O)C(=O)O. The van der Waals surface area contributed by atoms with Crippen LogP contribution in [-0.2, 0) is 20.9 Å². The van der Waals surface area contributed by atoms with E-state index in [1.807, 2.05) is 24.3 Å². The van der Waals surface area contributed by atoms with Crippen LogP contribution in [0, 0.1) is 0 Å². The molecule has 1 aliphatic rings. The van der Waals surface area contributed by atoms with Crippen molar-refractivity contribution in [3.05, 3.63) is 60.2 Å². The second kappa shape index (κ2) is 13.1. The largest absolute Gasteiger partial charge is 0.495 e. The van der Waals surface area contributed by atoms with Crippen LogP contribution in [0.4, 0.5) is 5.69 Å². The van der Waals surface area contributed by atoms with E-state index in [1.54, 1.807) is 7.11 Å². The number of nitrogens with zero attached hydrogens (tertiary/aromatic N) is 1. The lowest BCUT2D eigenvalue weighted by atomic mass is 10.0. The Morgan fingerprint density at radius 1 is 0.969 bits per heavy atom. The third-order valence-corrected chi connectivity index (χ3v) is 4.95. The first-order valence-corrected chi connectivity index (χ1v) is 10.3. The number of anilines is 1. The first kappa shape index (κ1) is 24.8. The van der Waals surface area contributed by atoms with E-state index in [2.05, 4.69) is 45.9 Å². The molecular formula is C23H29N3O6. The maximum Gasteiger partial charge on any atom is 0.414 e. The number of carboxylic acids is 2. The molecule has 0 saturated carbocycles. The first-order valence-electron chi connectivity index (χ1n) is 10.3. The van der Waals surface area contributed by atoms with Crippen LogP contribution in [0.5, 0.6) is 5.75 Å². The van der Waals surface area contributed by atoms with Crippen molar-refractivity contribution in [3.63, 3.8) is 0 Å². The molecule has 1 aliphatic heterocycles. The summed E-state index contributed by atoms with van der Waals surface area (Å²) in [5.41, 5.74) is 2.06. The average molecular weight is 444 g/mol. The highest BCUT2D eigenvalue weighted by Gasteiger charge is 2.19. The van der Waals surface area contributed by atoms with Gasteiger partial charge in [-0.3, -0.25) is 9.69 Å². The minimum atomic E-state index is -1.82. The number of carbonyl (C=O) groups excluding carboxylic acids is 1. The van der Waals surface area contributed by atoms with Gasteiger partial charge in [0.15, 0.2) is 0 Å². The number of hydrogen-bond acceptors (Lipinski definition) is 6. The Kier molecular flexibility index (Phi) is 10.2. The Morgan fingerprint density at radius 3 is 2.16 bits per heavy atom. The van der Waals surface area contributed by atoms with Crippen LogP contribution in [0.15, 0.2) is 54.6 Å². The lowest BCUT2D eigenvalue weighted by Gasteiger charge is -2.32. The topological polar surface area (TPSA) is 128 Å². The summed E-state index contributed by atoms with van der Waals surface area (Å²) in [4.78, 5) is 32.9. The highest BCUT2D eigenvalue weighted by Crippen LogP contribution is 2.22. The highest BCUT2D eigenvalue weighted by molar-refractivity contribution is 6.27. The molecule has 9 heteroatoms. The monoisotopic (exact) mass is 443 g/mol. The van der Waals surface area contributed by atoms with Crippen LogP contribution in [-0.4, -0.2) is 65.7 Å². The number of methoxy groups -OCH3 is 1. The number of para-hydroxylation sites is 2. The molecule has 1 fully saturated rings. The molecule has 0 spiro atoms. The van der Waals surface area contributed by atoms with Crippen molar-refractivity contribution in [3.8, 4) is 5.75 Å². The Morgan fingerprint density at radius 2 is 1.56 bits per heavy atom. The van der Waals surface area contributed by atoms with Crippen LogP contribution in [0.25, 0.3) is 0 Å². The molecule has 3 rings (SSSR count). The van der Waals surface area contributed by atoms with Gasteiger partial charge in [-0.25, -0.2) is 9.59 Å². The molecule has 32 heavy (non-hydrogen) atoms. The summed E-state index contributed by atoms with van der Waals surface area (Å²) >= 11 is 0. The van der Waals surface area contributed by atoms with Crippen LogP contribution in [0.3, 0.4) is 0 Å². The van der Waals surface area contributed by atoms with Crippen LogP contribution in [0.1, 0.15) is 18.4 Å². The number of carbonyl (C=O) groups is 3. The predicted octanol–water partition coefficient (Wildman–Crippen LogP) is 2.04. The summed E-state index contributed by atoms with van der Waals surface area (Å²) in [5, 5.41) is 21.1. The van der Waals surface area contributed by atoms with Gasteiger partial charge in [0.1, 0.15) is 5.75 Å². The smallest absolute Gasteiger partial charge is 0.414 e. The maximum absolute atomic E-state index is 12.2. The molecule has 1 amide bonds. The van der Waals surface area contributed by atoms with Gasteiger partial charge in [0.25, 0.3) is 0 Å². The van der Waals surface area contributed by atoms with E-state index in [4.69, 9.17) is 24.5 Å². The number of piperidine rings is 1. The van der Waals surface area contributed by atoms with Gasteiger partial charge in [-0.1, -0.05) is 42.5 Å². The van der Waals surface area contributed by atoms with Crippen molar-refractivity contribution in [1.82, 2.24) is 10.2 Å². The Labute approximate surface area is 187 Å². The fourth-order valence-corrected chi connectivity index (χ4v) is 3.32. The fourth-order valence-electron chi connectivity index (χ4n) is 3.32. The van der Waals surface area contributed by atoms with E-state index in [0.717, 1.165) is 32.5 Å². The van der Waals surface area contributed by atoms with Crippen LogP contribution < -0.4 is 15.4 Å². The minimum absolute atomic E-state index is 0.0405. The molecule has 0 radical (unpaired) electrons. The first-order chi connectivity index (χ1) is 15.4. The van der Waals surface area contributed by atoms with Gasteiger partial charge in [-0.2, -0.15) is 0 Å². The van der Waals surface area contributed by atoms with Gasteiger partial charge in [0.2, 0.25) is 5.91 Å². The quantitative estimate of drug-likeness (QED) is 0.479. The van der Waals surface area contributed by atoms with E-state index in [1.165, 1.54) is 5.56 Å². The van der Waals surface area contributed by atoms with Gasteiger partial charge in [0.05, 0.1) is 19.3 Å². The Bertz CT molecular complexity index is 870. The summed E-state index contributed by atoms with van der Waals surface area (Å²) < 4.78 is 5.26. The minimum Gasteiger partial charge on any atom is -0.495 e.